The number of amides is 2. The van der Waals surface area contributed by atoms with Crippen molar-refractivity contribution in [3.05, 3.63) is 65.5 Å². The minimum Gasteiger partial charge on any atom is -0.334 e. The number of nitrogens with one attached hydrogen (secondary N) is 3. The summed E-state index contributed by atoms with van der Waals surface area (Å²) >= 11 is 0. The number of carbonyl (C=O) groups is 1. The van der Waals surface area contributed by atoms with E-state index in [-0.39, 0.29) is 18.4 Å². The maximum absolute atomic E-state index is 13.5. The van der Waals surface area contributed by atoms with Crippen molar-refractivity contribution in [3.8, 4) is 0 Å². The molecule has 0 unspecified atom stereocenters. The van der Waals surface area contributed by atoms with Crippen LogP contribution in [0.2, 0.25) is 0 Å². The molecule has 3 N–H and O–H groups in total. The van der Waals surface area contributed by atoms with E-state index in [0.717, 1.165) is 11.8 Å². The lowest BCUT2D eigenvalue weighted by Crippen LogP contribution is -2.36. The highest BCUT2D eigenvalue weighted by Gasteiger charge is 2.11. The molecule has 2 rings (SSSR count). The number of sulfonamides is 1. The van der Waals surface area contributed by atoms with E-state index >= 15 is 0 Å². The molecule has 8 heteroatoms. The van der Waals surface area contributed by atoms with Crippen LogP contribution in [-0.2, 0) is 16.6 Å². The molecule has 0 aliphatic carbocycles. The maximum Gasteiger partial charge on any atom is 0.315 e. The van der Waals surface area contributed by atoms with Gasteiger partial charge in [0.1, 0.15) is 5.82 Å². The molecule has 0 fully saturated rings. The van der Waals surface area contributed by atoms with Crippen molar-refractivity contribution in [2.45, 2.75) is 19.5 Å². The van der Waals surface area contributed by atoms with Crippen LogP contribution in [0.25, 0.3) is 0 Å². The van der Waals surface area contributed by atoms with Gasteiger partial charge in [0.05, 0.1) is 12.3 Å². The number of benzene rings is 2. The summed E-state index contributed by atoms with van der Waals surface area (Å²) in [4.78, 5) is 12.0. The van der Waals surface area contributed by atoms with Crippen LogP contribution in [0.3, 0.4) is 0 Å². The highest BCUT2D eigenvalue weighted by molar-refractivity contribution is 7.92. The second-order valence-electron chi connectivity index (χ2n) is 5.64. The second-order valence-corrected chi connectivity index (χ2v) is 7.39. The lowest BCUT2D eigenvalue weighted by Gasteiger charge is -2.16. The van der Waals surface area contributed by atoms with E-state index in [1.165, 1.54) is 6.07 Å². The van der Waals surface area contributed by atoms with Gasteiger partial charge in [-0.2, -0.15) is 0 Å². The van der Waals surface area contributed by atoms with Gasteiger partial charge in [-0.3, -0.25) is 4.72 Å². The molecule has 0 saturated carbocycles. The Kier molecular flexibility index (Phi) is 5.97. The average Bonchev–Trinajstić information content (AvgIpc) is 2.52. The Bertz CT molecular complexity index is 856. The van der Waals surface area contributed by atoms with Crippen molar-refractivity contribution in [2.75, 3.05) is 11.0 Å². The van der Waals surface area contributed by atoms with E-state index < -0.39 is 16.1 Å². The van der Waals surface area contributed by atoms with E-state index in [1.807, 2.05) is 0 Å². The molecular formula is C17H20FN3O3S. The number of anilines is 1. The second kappa shape index (κ2) is 7.98. The van der Waals surface area contributed by atoms with E-state index in [4.69, 9.17) is 0 Å². The summed E-state index contributed by atoms with van der Waals surface area (Å²) in [6.45, 7) is 1.84. The van der Waals surface area contributed by atoms with Gasteiger partial charge in [0.15, 0.2) is 0 Å². The third kappa shape index (κ3) is 6.07. The molecule has 0 bridgehead atoms. The van der Waals surface area contributed by atoms with Crippen molar-refractivity contribution in [2.24, 2.45) is 0 Å². The third-order valence-corrected chi connectivity index (χ3v) is 4.04. The summed E-state index contributed by atoms with van der Waals surface area (Å²) in [7, 11) is -3.37. The Morgan fingerprint density at radius 3 is 2.56 bits per heavy atom. The number of rotatable bonds is 6. The zero-order valence-electron chi connectivity index (χ0n) is 13.9. The molecule has 134 valence electrons. The summed E-state index contributed by atoms with van der Waals surface area (Å²) in [5.74, 6) is -0.379. The monoisotopic (exact) mass is 365 g/mol. The van der Waals surface area contributed by atoms with Crippen LogP contribution in [0, 0.1) is 5.82 Å². The first-order valence-electron chi connectivity index (χ1n) is 7.60. The molecule has 2 aromatic rings. The van der Waals surface area contributed by atoms with Crippen LogP contribution in [-0.4, -0.2) is 20.7 Å². The van der Waals surface area contributed by atoms with E-state index in [9.17, 15) is 17.6 Å². The number of urea groups is 1. The van der Waals surface area contributed by atoms with Gasteiger partial charge in [-0.05, 0) is 30.7 Å². The van der Waals surface area contributed by atoms with E-state index in [2.05, 4.69) is 15.4 Å². The quantitative estimate of drug-likeness (QED) is 0.736. The van der Waals surface area contributed by atoms with Crippen LogP contribution in [0.15, 0.2) is 48.5 Å². The van der Waals surface area contributed by atoms with Crippen LogP contribution < -0.4 is 15.4 Å². The summed E-state index contributed by atoms with van der Waals surface area (Å²) in [6, 6.07) is 12.1. The molecule has 0 heterocycles. The van der Waals surface area contributed by atoms with Crippen molar-refractivity contribution in [1.29, 1.82) is 0 Å². The van der Waals surface area contributed by atoms with Gasteiger partial charge < -0.3 is 10.6 Å². The largest absolute Gasteiger partial charge is 0.334 e. The molecule has 0 saturated heterocycles. The van der Waals surface area contributed by atoms with Crippen molar-refractivity contribution >= 4 is 21.7 Å². The van der Waals surface area contributed by atoms with Gasteiger partial charge in [-0.15, -0.1) is 0 Å². The molecule has 2 amide bonds. The summed E-state index contributed by atoms with van der Waals surface area (Å²) < 4.78 is 38.5. The lowest BCUT2D eigenvalue weighted by atomic mass is 10.1. The van der Waals surface area contributed by atoms with Gasteiger partial charge in [-0.25, -0.2) is 17.6 Å². The predicted octanol–water partition coefficient (Wildman–Crippen LogP) is 2.76. The highest BCUT2D eigenvalue weighted by Crippen LogP contribution is 2.18. The molecule has 2 aromatic carbocycles. The predicted molar refractivity (Wildman–Crippen MR) is 95.1 cm³/mol. The first-order valence-corrected chi connectivity index (χ1v) is 9.49. The van der Waals surface area contributed by atoms with Gasteiger partial charge in [0.2, 0.25) is 10.0 Å². The maximum atomic E-state index is 13.5. The Morgan fingerprint density at radius 2 is 1.88 bits per heavy atom. The smallest absolute Gasteiger partial charge is 0.315 e. The molecule has 0 aliphatic rings. The lowest BCUT2D eigenvalue weighted by molar-refractivity contribution is 0.237. The molecule has 0 aromatic heterocycles. The molecule has 6 nitrogen and oxygen atoms in total. The molecule has 1 atom stereocenters. The van der Waals surface area contributed by atoms with E-state index in [0.29, 0.717) is 11.3 Å². The summed E-state index contributed by atoms with van der Waals surface area (Å²) in [5, 5.41) is 5.32. The number of hydrogen-bond donors (Lipinski definition) is 3. The average molecular weight is 365 g/mol. The fourth-order valence-corrected chi connectivity index (χ4v) is 2.79. The SMILES string of the molecule is C[C@@H](NC(=O)NCc1ccccc1F)c1cccc(NS(C)(=O)=O)c1. The van der Waals surface area contributed by atoms with Gasteiger partial charge >= 0.3 is 6.03 Å². The number of halogens is 1. The molecule has 0 aliphatic heterocycles. The van der Waals surface area contributed by atoms with Crippen LogP contribution in [0.5, 0.6) is 0 Å². The Hall–Kier alpha value is -2.61. The van der Waals surface area contributed by atoms with Gasteiger partial charge in [0, 0.05) is 17.8 Å². The number of carbonyl (C=O) groups excluding carboxylic acids is 1. The fraction of sp³-hybridized carbons (Fsp3) is 0.235. The first kappa shape index (κ1) is 18.7. The fourth-order valence-electron chi connectivity index (χ4n) is 2.23. The Balaban J connectivity index is 1.95. The topological polar surface area (TPSA) is 87.3 Å². The molecular weight excluding hydrogens is 345 g/mol. The standard InChI is InChI=1S/C17H20FN3O3S/c1-12(13-7-5-8-15(10-13)21-25(2,23)24)20-17(22)19-11-14-6-3-4-9-16(14)18/h3-10,12,21H,11H2,1-2H3,(H2,19,20,22)/t12-/m1/s1. The van der Waals surface area contributed by atoms with Crippen LogP contribution >= 0.6 is 0 Å². The molecule has 25 heavy (non-hydrogen) atoms. The normalized spacial score (nSPS) is 12.3. The van der Waals surface area contributed by atoms with Gasteiger partial charge in [0.25, 0.3) is 0 Å². The Labute approximate surface area is 146 Å². The number of hydrogen-bond acceptors (Lipinski definition) is 3. The highest BCUT2D eigenvalue weighted by atomic mass is 32.2. The first-order chi connectivity index (χ1) is 11.7. The van der Waals surface area contributed by atoms with Crippen molar-refractivity contribution in [1.82, 2.24) is 10.6 Å². The summed E-state index contributed by atoms with van der Waals surface area (Å²) in [5.41, 5.74) is 1.54. The zero-order valence-corrected chi connectivity index (χ0v) is 14.7. The Morgan fingerprint density at radius 1 is 1.16 bits per heavy atom. The van der Waals surface area contributed by atoms with E-state index in [1.54, 1.807) is 49.4 Å². The minimum absolute atomic E-state index is 0.0703. The molecule has 0 spiro atoms. The van der Waals surface area contributed by atoms with Gasteiger partial charge in [-0.1, -0.05) is 30.3 Å². The van der Waals surface area contributed by atoms with Crippen molar-refractivity contribution in [3.63, 3.8) is 0 Å². The molecule has 0 radical (unpaired) electrons. The van der Waals surface area contributed by atoms with Crippen molar-refractivity contribution < 1.29 is 17.6 Å². The van der Waals surface area contributed by atoms with Crippen LogP contribution in [0.4, 0.5) is 14.9 Å². The third-order valence-electron chi connectivity index (χ3n) is 3.43. The minimum atomic E-state index is -3.37. The van der Waals surface area contributed by atoms with Crippen LogP contribution in [0.1, 0.15) is 24.1 Å². The zero-order chi connectivity index (χ0) is 18.4. The summed E-state index contributed by atoms with van der Waals surface area (Å²) in [6.07, 6.45) is 1.07.